The number of nitrogen functional groups attached to an aromatic ring is 1. The number of thioether (sulfide) groups is 1. The number of aliphatic hydroxyl groups excluding tert-OH is 1. The molecule has 13 heteroatoms. The van der Waals surface area contributed by atoms with Crippen LogP contribution in [0.2, 0.25) is 0 Å². The van der Waals surface area contributed by atoms with Crippen molar-refractivity contribution < 1.29 is 27.8 Å². The molecule has 1 aromatic heterocycles. The molecule has 2 fully saturated rings. The first-order chi connectivity index (χ1) is 13.1. The molecule has 28 heavy (non-hydrogen) atoms. The number of alkyl halides is 1. The number of anilines is 1. The van der Waals surface area contributed by atoms with Crippen LogP contribution in [0.3, 0.4) is 0 Å². The quantitative estimate of drug-likeness (QED) is 0.436. The smallest absolute Gasteiger partial charge is 0.383 e. The summed E-state index contributed by atoms with van der Waals surface area (Å²) < 4.78 is 45.1. The van der Waals surface area contributed by atoms with E-state index in [1.165, 1.54) is 12.3 Å². The topological polar surface area (TPSA) is 138 Å². The molecule has 2 aliphatic rings. The van der Waals surface area contributed by atoms with Gasteiger partial charge in [0.25, 0.3) is 0 Å². The van der Waals surface area contributed by atoms with Crippen molar-refractivity contribution in [3.63, 3.8) is 0 Å². The Kier molecular flexibility index (Phi) is 6.50. The Hall–Kier alpha value is -1.01. The molecular weight excluding hydrogens is 414 g/mol. The molecule has 0 amide bonds. The molecule has 0 bridgehead atoms. The Morgan fingerprint density at radius 1 is 1.54 bits per heavy atom. The number of hydrogen-bond acceptors (Lipinski definition) is 9. The molecule has 3 heterocycles. The van der Waals surface area contributed by atoms with Crippen LogP contribution in [0.5, 0.6) is 0 Å². The normalized spacial score (nSPS) is 34.9. The maximum absolute atomic E-state index is 15.1. The minimum absolute atomic E-state index is 0.0401. The lowest BCUT2D eigenvalue weighted by Crippen LogP contribution is -2.44. The number of rotatable bonds is 6. The van der Waals surface area contributed by atoms with Gasteiger partial charge >= 0.3 is 13.4 Å². The molecule has 0 saturated carbocycles. The summed E-state index contributed by atoms with van der Waals surface area (Å²) in [5.74, 6) is 0.0431. The molecule has 2 saturated heterocycles. The molecule has 3 rings (SSSR count). The second kappa shape index (κ2) is 8.39. The van der Waals surface area contributed by atoms with Gasteiger partial charge in [-0.15, -0.1) is 11.8 Å². The summed E-state index contributed by atoms with van der Waals surface area (Å²) in [6.07, 6.45) is -2.80. The van der Waals surface area contributed by atoms with Gasteiger partial charge in [-0.05, 0) is 26.8 Å². The zero-order chi connectivity index (χ0) is 20.6. The molecule has 10 nitrogen and oxygen atoms in total. The van der Waals surface area contributed by atoms with Crippen molar-refractivity contribution in [1.29, 1.82) is 0 Å². The fourth-order valence-corrected chi connectivity index (χ4v) is 6.35. The van der Waals surface area contributed by atoms with Gasteiger partial charge in [0.2, 0.25) is 0 Å². The SMILES string of the molecule is CC(C)OC(O)[C@H](C)NP1(=O)OC[C@H]2S[C@@H](n3ccc(N)nc3=O)[C@@H](F)[C@@H]2O1. The van der Waals surface area contributed by atoms with Gasteiger partial charge in [-0.2, -0.15) is 4.98 Å². The van der Waals surface area contributed by atoms with Crippen LogP contribution < -0.4 is 16.5 Å². The fraction of sp³-hybridized carbons (Fsp3) is 0.733. The summed E-state index contributed by atoms with van der Waals surface area (Å²) in [7, 11) is -3.88. The molecule has 4 N–H and O–H groups in total. The summed E-state index contributed by atoms with van der Waals surface area (Å²) in [5, 5.41) is 11.2. The van der Waals surface area contributed by atoms with E-state index in [1.54, 1.807) is 20.8 Å². The molecule has 0 radical (unpaired) electrons. The molecule has 1 aromatic rings. The number of hydrogen-bond donors (Lipinski definition) is 3. The predicted molar refractivity (Wildman–Crippen MR) is 101 cm³/mol. The van der Waals surface area contributed by atoms with Crippen molar-refractivity contribution >= 4 is 25.3 Å². The molecular formula is C15H24FN4O6PS. The molecule has 158 valence electrons. The lowest BCUT2D eigenvalue weighted by Gasteiger charge is -2.34. The number of halogens is 1. The Balaban J connectivity index is 1.70. The van der Waals surface area contributed by atoms with Crippen LogP contribution in [0.4, 0.5) is 10.2 Å². The minimum atomic E-state index is -3.88. The number of ether oxygens (including phenoxy) is 1. The van der Waals surface area contributed by atoms with Gasteiger partial charge in [-0.25, -0.2) is 18.8 Å². The predicted octanol–water partition coefficient (Wildman–Crippen LogP) is 1.02. The third-order valence-electron chi connectivity index (χ3n) is 4.26. The van der Waals surface area contributed by atoms with Crippen LogP contribution in [-0.4, -0.2) is 57.2 Å². The Morgan fingerprint density at radius 3 is 2.89 bits per heavy atom. The van der Waals surface area contributed by atoms with E-state index in [0.717, 1.165) is 16.3 Å². The van der Waals surface area contributed by atoms with Crippen LogP contribution in [0.15, 0.2) is 17.1 Å². The number of nitrogens with two attached hydrogens (primary N) is 1. The third kappa shape index (κ3) is 4.59. The summed E-state index contributed by atoms with van der Waals surface area (Å²) in [6, 6.07) is 0.620. The van der Waals surface area contributed by atoms with Crippen LogP contribution in [0.1, 0.15) is 26.1 Å². The second-order valence-electron chi connectivity index (χ2n) is 6.91. The lowest BCUT2D eigenvalue weighted by atomic mass is 10.1. The number of nitrogens with one attached hydrogen (secondary N) is 1. The largest absolute Gasteiger partial charge is 0.406 e. The number of nitrogens with zero attached hydrogens (tertiary/aromatic N) is 2. The standard InChI is InChI=1S/C15H24FN4O6PS/c1-7(2)25-14(21)8(3)19-27(23)24-6-9-12(26-27)11(16)13(28-9)20-5-4-10(17)18-15(20)22/h4-5,7-9,11-14,21H,6H2,1-3H3,(H,19,23)(H2,17,18,22)/t8-,9+,11-,12+,13+,14?,27?/m0/s1. The van der Waals surface area contributed by atoms with E-state index in [9.17, 15) is 14.5 Å². The Labute approximate surface area is 165 Å². The van der Waals surface area contributed by atoms with Gasteiger partial charge < -0.3 is 15.6 Å². The highest BCUT2D eigenvalue weighted by molar-refractivity contribution is 8.00. The van der Waals surface area contributed by atoms with Crippen molar-refractivity contribution in [2.45, 2.75) is 62.1 Å². The number of fused-ring (bicyclic) bond motifs is 1. The average molecular weight is 438 g/mol. The Bertz CT molecular complexity index is 813. The number of aliphatic hydroxyl groups is 1. The Morgan fingerprint density at radius 2 is 2.25 bits per heavy atom. The molecule has 2 unspecified atom stereocenters. The molecule has 0 spiro atoms. The zero-order valence-electron chi connectivity index (χ0n) is 15.6. The maximum Gasteiger partial charge on any atom is 0.406 e. The maximum atomic E-state index is 15.1. The van der Waals surface area contributed by atoms with E-state index in [-0.39, 0.29) is 18.5 Å². The van der Waals surface area contributed by atoms with E-state index in [0.29, 0.717) is 0 Å². The highest BCUT2D eigenvalue weighted by atomic mass is 32.2. The summed E-state index contributed by atoms with van der Waals surface area (Å²) in [6.45, 7) is 4.99. The second-order valence-corrected chi connectivity index (χ2v) is 9.99. The van der Waals surface area contributed by atoms with Crippen LogP contribution >= 0.6 is 19.5 Å². The van der Waals surface area contributed by atoms with Crippen LogP contribution in [0, 0.1) is 0 Å². The van der Waals surface area contributed by atoms with Crippen LogP contribution in [0.25, 0.3) is 0 Å². The summed E-state index contributed by atoms with van der Waals surface area (Å²) in [5.41, 5.74) is 4.79. The van der Waals surface area contributed by atoms with Crippen molar-refractivity contribution in [3.8, 4) is 0 Å². The van der Waals surface area contributed by atoms with Crippen LogP contribution in [-0.2, 0) is 18.3 Å². The first-order valence-electron chi connectivity index (χ1n) is 8.78. The summed E-state index contributed by atoms with van der Waals surface area (Å²) in [4.78, 5) is 15.6. The average Bonchev–Trinajstić information content (AvgIpc) is 2.90. The van der Waals surface area contributed by atoms with Crippen molar-refractivity contribution in [2.24, 2.45) is 0 Å². The lowest BCUT2D eigenvalue weighted by molar-refractivity contribution is -0.138. The minimum Gasteiger partial charge on any atom is -0.383 e. The zero-order valence-corrected chi connectivity index (χ0v) is 17.3. The van der Waals surface area contributed by atoms with E-state index < -0.39 is 48.7 Å². The van der Waals surface area contributed by atoms with E-state index in [2.05, 4.69) is 10.1 Å². The first-order valence-corrected chi connectivity index (χ1v) is 11.3. The van der Waals surface area contributed by atoms with Gasteiger partial charge in [-0.3, -0.25) is 13.6 Å². The molecule has 0 aromatic carbocycles. The van der Waals surface area contributed by atoms with Gasteiger partial charge in [0.05, 0.1) is 24.0 Å². The molecule has 0 aliphatic carbocycles. The summed E-state index contributed by atoms with van der Waals surface area (Å²) >= 11 is 1.14. The molecule has 2 aliphatic heterocycles. The third-order valence-corrected chi connectivity index (χ3v) is 7.52. The van der Waals surface area contributed by atoms with Gasteiger partial charge in [-0.1, -0.05) is 0 Å². The first kappa shape index (κ1) is 21.7. The highest BCUT2D eigenvalue weighted by Gasteiger charge is 2.53. The van der Waals surface area contributed by atoms with Gasteiger partial charge in [0.15, 0.2) is 12.5 Å². The van der Waals surface area contributed by atoms with Gasteiger partial charge in [0, 0.05) is 6.20 Å². The fourth-order valence-electron chi connectivity index (χ4n) is 2.94. The van der Waals surface area contributed by atoms with E-state index in [1.807, 2.05) is 0 Å². The van der Waals surface area contributed by atoms with Gasteiger partial charge in [0.1, 0.15) is 17.3 Å². The number of aromatic nitrogens is 2. The molecule has 7 atom stereocenters. The van der Waals surface area contributed by atoms with E-state index in [4.69, 9.17) is 19.5 Å². The van der Waals surface area contributed by atoms with Crippen molar-refractivity contribution in [1.82, 2.24) is 14.6 Å². The highest BCUT2D eigenvalue weighted by Crippen LogP contribution is 2.57. The van der Waals surface area contributed by atoms with E-state index >= 15 is 4.39 Å². The van der Waals surface area contributed by atoms with Crippen molar-refractivity contribution in [3.05, 3.63) is 22.7 Å². The monoisotopic (exact) mass is 438 g/mol. The van der Waals surface area contributed by atoms with Crippen molar-refractivity contribution in [2.75, 3.05) is 12.3 Å².